The van der Waals surface area contributed by atoms with Gasteiger partial charge in [0.05, 0.1) is 11.4 Å². The standard InChI is InChI=1S/C17H14BN5/c1-17(2,13-5-3-7-15(18)20-13)14-6-4-8-16(21-14)23-10-9-12(11-19)22-23/h3-10H,1-2H3. The highest BCUT2D eigenvalue weighted by atomic mass is 15.3. The summed E-state index contributed by atoms with van der Waals surface area (Å²) in [5, 5.41) is 13.1. The molecule has 23 heavy (non-hydrogen) atoms. The van der Waals surface area contributed by atoms with Crippen LogP contribution in [0.15, 0.2) is 48.7 Å². The molecule has 0 spiro atoms. The van der Waals surface area contributed by atoms with Gasteiger partial charge in [0.1, 0.15) is 13.9 Å². The van der Waals surface area contributed by atoms with Crippen LogP contribution in [0.5, 0.6) is 0 Å². The van der Waals surface area contributed by atoms with Gasteiger partial charge >= 0.3 is 0 Å². The van der Waals surface area contributed by atoms with Crippen molar-refractivity contribution in [3.63, 3.8) is 0 Å². The number of hydrogen-bond donors (Lipinski definition) is 0. The summed E-state index contributed by atoms with van der Waals surface area (Å²) in [5.74, 6) is 0.654. The van der Waals surface area contributed by atoms with Gasteiger partial charge in [-0.3, -0.25) is 4.98 Å². The predicted octanol–water partition coefficient (Wildman–Crippen LogP) is 1.65. The molecular weight excluding hydrogens is 285 g/mol. The van der Waals surface area contributed by atoms with E-state index in [4.69, 9.17) is 13.1 Å². The molecule has 0 aliphatic rings. The summed E-state index contributed by atoms with van der Waals surface area (Å²) in [6.45, 7) is 4.09. The second kappa shape index (κ2) is 5.69. The van der Waals surface area contributed by atoms with Crippen LogP contribution < -0.4 is 5.59 Å². The van der Waals surface area contributed by atoms with Crippen LogP contribution in [0, 0.1) is 11.3 Å². The van der Waals surface area contributed by atoms with E-state index >= 15 is 0 Å². The fourth-order valence-electron chi connectivity index (χ4n) is 2.34. The van der Waals surface area contributed by atoms with Crippen LogP contribution in [0.3, 0.4) is 0 Å². The Hall–Kier alpha value is -2.94. The molecule has 0 unspecified atom stereocenters. The van der Waals surface area contributed by atoms with Gasteiger partial charge in [-0.05, 0) is 43.7 Å². The molecule has 0 amide bonds. The van der Waals surface area contributed by atoms with Crippen molar-refractivity contribution >= 4 is 13.4 Å². The molecule has 5 nitrogen and oxygen atoms in total. The fraction of sp³-hybridized carbons (Fsp3) is 0.176. The number of rotatable bonds is 3. The van der Waals surface area contributed by atoms with Gasteiger partial charge < -0.3 is 0 Å². The van der Waals surface area contributed by atoms with Gasteiger partial charge in [-0.2, -0.15) is 10.4 Å². The van der Waals surface area contributed by atoms with E-state index in [0.717, 1.165) is 11.4 Å². The van der Waals surface area contributed by atoms with Crippen molar-refractivity contribution in [2.24, 2.45) is 0 Å². The van der Waals surface area contributed by atoms with E-state index in [1.54, 1.807) is 23.0 Å². The average molecular weight is 299 g/mol. The molecule has 110 valence electrons. The Kier molecular flexibility index (Phi) is 3.71. The minimum Gasteiger partial charge on any atom is -0.268 e. The normalized spacial score (nSPS) is 11.2. The minimum atomic E-state index is -0.406. The molecule has 0 saturated heterocycles. The topological polar surface area (TPSA) is 67.4 Å². The first-order valence-corrected chi connectivity index (χ1v) is 7.17. The molecule has 3 aromatic heterocycles. The molecule has 3 aromatic rings. The summed E-state index contributed by atoms with van der Waals surface area (Å²) in [7, 11) is 5.80. The van der Waals surface area contributed by atoms with Crippen LogP contribution >= 0.6 is 0 Å². The maximum absolute atomic E-state index is 8.89. The summed E-state index contributed by atoms with van der Waals surface area (Å²) in [5.41, 5.74) is 2.13. The van der Waals surface area contributed by atoms with Gasteiger partial charge in [0.15, 0.2) is 11.5 Å². The van der Waals surface area contributed by atoms with Crippen LogP contribution in [-0.2, 0) is 5.41 Å². The summed E-state index contributed by atoms with van der Waals surface area (Å²) in [6, 6.07) is 15.0. The molecule has 3 heterocycles. The highest BCUT2D eigenvalue weighted by molar-refractivity contribution is 6.30. The van der Waals surface area contributed by atoms with Crippen molar-refractivity contribution in [3.8, 4) is 11.9 Å². The Morgan fingerprint density at radius 1 is 1.04 bits per heavy atom. The molecule has 6 heteroatoms. The Labute approximate surface area is 136 Å². The zero-order valence-corrected chi connectivity index (χ0v) is 12.9. The average Bonchev–Trinajstić information content (AvgIpc) is 3.04. The SMILES string of the molecule is [B]c1cccc(C(C)(C)c2cccc(-n3ccc(C#N)n3)n2)n1. The Balaban J connectivity index is 2.03. The van der Waals surface area contributed by atoms with Crippen LogP contribution in [-0.4, -0.2) is 27.6 Å². The first-order valence-electron chi connectivity index (χ1n) is 7.17. The first kappa shape index (κ1) is 15.0. The van der Waals surface area contributed by atoms with Crippen LogP contribution in [0.2, 0.25) is 0 Å². The Morgan fingerprint density at radius 3 is 2.39 bits per heavy atom. The molecule has 0 saturated carbocycles. The second-order valence-electron chi connectivity index (χ2n) is 5.71. The smallest absolute Gasteiger partial charge is 0.162 e. The quantitative estimate of drug-likeness (QED) is 0.690. The third kappa shape index (κ3) is 2.86. The molecule has 0 N–H and O–H groups in total. The number of nitrogens with zero attached hydrogens (tertiary/aromatic N) is 5. The molecule has 0 aliphatic heterocycles. The van der Waals surface area contributed by atoms with Crippen molar-refractivity contribution in [2.75, 3.05) is 0 Å². The molecule has 2 radical (unpaired) electrons. The largest absolute Gasteiger partial charge is 0.268 e. The van der Waals surface area contributed by atoms with Gasteiger partial charge in [-0.25, -0.2) is 9.67 Å². The number of nitriles is 1. The van der Waals surface area contributed by atoms with E-state index in [2.05, 4.69) is 15.1 Å². The van der Waals surface area contributed by atoms with Gasteiger partial charge in [0.25, 0.3) is 0 Å². The molecule has 0 atom stereocenters. The van der Waals surface area contributed by atoms with E-state index < -0.39 is 5.41 Å². The lowest BCUT2D eigenvalue weighted by molar-refractivity contribution is 0.593. The van der Waals surface area contributed by atoms with Crippen molar-refractivity contribution in [1.29, 1.82) is 5.26 Å². The first-order chi connectivity index (χ1) is 11.0. The zero-order chi connectivity index (χ0) is 16.4. The number of hydrogen-bond acceptors (Lipinski definition) is 4. The Bertz CT molecular complexity index is 892. The van der Waals surface area contributed by atoms with Crippen molar-refractivity contribution in [3.05, 3.63) is 65.7 Å². The summed E-state index contributed by atoms with van der Waals surface area (Å²) in [4.78, 5) is 9.09. The van der Waals surface area contributed by atoms with Crippen LogP contribution in [0.4, 0.5) is 0 Å². The maximum atomic E-state index is 8.89. The van der Waals surface area contributed by atoms with Crippen LogP contribution in [0.25, 0.3) is 5.82 Å². The monoisotopic (exact) mass is 299 g/mol. The molecule has 0 bridgehead atoms. The Morgan fingerprint density at radius 2 is 1.74 bits per heavy atom. The van der Waals surface area contributed by atoms with Gasteiger partial charge in [0, 0.05) is 11.6 Å². The predicted molar refractivity (Wildman–Crippen MR) is 87.8 cm³/mol. The van der Waals surface area contributed by atoms with E-state index in [1.165, 1.54) is 0 Å². The van der Waals surface area contributed by atoms with E-state index in [-0.39, 0.29) is 0 Å². The van der Waals surface area contributed by atoms with Crippen molar-refractivity contribution in [1.82, 2.24) is 19.7 Å². The van der Waals surface area contributed by atoms with E-state index in [1.807, 2.05) is 50.2 Å². The molecule has 0 fully saturated rings. The van der Waals surface area contributed by atoms with Gasteiger partial charge in [-0.15, -0.1) is 0 Å². The number of pyridine rings is 2. The van der Waals surface area contributed by atoms with Gasteiger partial charge in [0.2, 0.25) is 0 Å². The number of aromatic nitrogens is 4. The lowest BCUT2D eigenvalue weighted by atomic mass is 9.84. The highest BCUT2D eigenvalue weighted by Crippen LogP contribution is 2.28. The minimum absolute atomic E-state index is 0.356. The fourth-order valence-corrected chi connectivity index (χ4v) is 2.34. The second-order valence-corrected chi connectivity index (χ2v) is 5.71. The lowest BCUT2D eigenvalue weighted by Crippen LogP contribution is -2.25. The molecule has 3 rings (SSSR count). The van der Waals surface area contributed by atoms with Crippen molar-refractivity contribution < 1.29 is 0 Å². The van der Waals surface area contributed by atoms with Gasteiger partial charge in [-0.1, -0.05) is 18.2 Å². The van der Waals surface area contributed by atoms with Crippen molar-refractivity contribution in [2.45, 2.75) is 19.3 Å². The highest BCUT2D eigenvalue weighted by Gasteiger charge is 2.26. The third-order valence-corrected chi connectivity index (χ3v) is 3.72. The molecule has 0 aliphatic carbocycles. The van der Waals surface area contributed by atoms with Crippen LogP contribution in [0.1, 0.15) is 30.9 Å². The summed E-state index contributed by atoms with van der Waals surface area (Å²) >= 11 is 0. The molecular formula is C17H14BN5. The summed E-state index contributed by atoms with van der Waals surface area (Å²) < 4.78 is 1.59. The van der Waals surface area contributed by atoms with E-state index in [0.29, 0.717) is 17.1 Å². The summed E-state index contributed by atoms with van der Waals surface area (Å²) in [6.07, 6.45) is 1.72. The lowest BCUT2D eigenvalue weighted by Gasteiger charge is -2.24. The van der Waals surface area contributed by atoms with E-state index in [9.17, 15) is 0 Å². The zero-order valence-electron chi connectivity index (χ0n) is 12.9. The molecule has 0 aromatic carbocycles. The third-order valence-electron chi connectivity index (χ3n) is 3.72. The maximum Gasteiger partial charge on any atom is 0.162 e.